The number of nitrogens with two attached hydrogens (primary N) is 1. The van der Waals surface area contributed by atoms with E-state index in [0.717, 1.165) is 10.4 Å². The van der Waals surface area contributed by atoms with E-state index in [0.29, 0.717) is 26.6 Å². The number of aromatic nitrogens is 1. The van der Waals surface area contributed by atoms with Crippen LogP contribution >= 0.6 is 75.0 Å². The van der Waals surface area contributed by atoms with E-state index in [-0.39, 0.29) is 24.8 Å². The van der Waals surface area contributed by atoms with Crippen LogP contribution in [0.4, 0.5) is 10.1 Å². The van der Waals surface area contributed by atoms with Gasteiger partial charge >= 0.3 is 0 Å². The lowest BCUT2D eigenvalue weighted by Gasteiger charge is -2.09. The van der Waals surface area contributed by atoms with Gasteiger partial charge in [-0.25, -0.2) is 9.37 Å². The van der Waals surface area contributed by atoms with Gasteiger partial charge < -0.3 is 11.1 Å². The highest BCUT2D eigenvalue weighted by molar-refractivity contribution is 9.10. The summed E-state index contributed by atoms with van der Waals surface area (Å²) < 4.78 is 15.9. The molecule has 0 aliphatic rings. The van der Waals surface area contributed by atoms with Crippen molar-refractivity contribution in [3.8, 4) is 0 Å². The maximum atomic E-state index is 14.4. The van der Waals surface area contributed by atoms with Gasteiger partial charge in [0.1, 0.15) is 5.15 Å². The zero-order chi connectivity index (χ0) is 16.6. The maximum Gasteiger partial charge on any atom is 0.150 e. The normalized spacial score (nSPS) is 13.0. The summed E-state index contributed by atoms with van der Waals surface area (Å²) in [7, 11) is 0. The highest BCUT2D eigenvalue weighted by Gasteiger charge is 2.24. The number of hydrogen-bond donors (Lipinski definition) is 2. The van der Waals surface area contributed by atoms with E-state index in [1.807, 2.05) is 11.4 Å². The number of fused-ring (bicyclic) bond motifs is 1. The molecule has 3 aromatic rings. The van der Waals surface area contributed by atoms with E-state index >= 15 is 0 Å². The molecular formula is C15H16BrCl3FN3S2. The molecule has 25 heavy (non-hydrogen) atoms. The van der Waals surface area contributed by atoms with Crippen LogP contribution in [-0.2, 0) is 6.54 Å². The number of hydrogen-bond acceptors (Lipinski definition) is 5. The molecule has 10 heteroatoms. The fourth-order valence-electron chi connectivity index (χ4n) is 2.17. The molecule has 0 aromatic carbocycles. The predicted molar refractivity (Wildman–Crippen MR) is 116 cm³/mol. The number of anilines is 1. The Balaban J connectivity index is 0.00000156. The molecule has 0 fully saturated rings. The van der Waals surface area contributed by atoms with Gasteiger partial charge in [0.2, 0.25) is 0 Å². The van der Waals surface area contributed by atoms with Crippen LogP contribution in [0.3, 0.4) is 0 Å². The monoisotopic (exact) mass is 505 g/mol. The molecule has 0 radical (unpaired) electrons. The van der Waals surface area contributed by atoms with Crippen LogP contribution in [-0.4, -0.2) is 11.0 Å². The van der Waals surface area contributed by atoms with Crippen molar-refractivity contribution in [3.05, 3.63) is 43.0 Å². The van der Waals surface area contributed by atoms with Crippen LogP contribution in [0.1, 0.15) is 22.8 Å². The Morgan fingerprint density at radius 2 is 2.16 bits per heavy atom. The molecule has 0 spiro atoms. The molecule has 2 atom stereocenters. The van der Waals surface area contributed by atoms with Crippen molar-refractivity contribution in [3.63, 3.8) is 0 Å². The number of nitrogens with zero attached hydrogens (tertiary/aromatic N) is 1. The van der Waals surface area contributed by atoms with Crippen molar-refractivity contribution in [2.24, 2.45) is 5.73 Å². The summed E-state index contributed by atoms with van der Waals surface area (Å²) in [5.41, 5.74) is 7.21. The molecule has 0 saturated heterocycles. The maximum absolute atomic E-state index is 14.4. The summed E-state index contributed by atoms with van der Waals surface area (Å²) in [6.45, 7) is 2.34. The molecule has 0 bridgehead atoms. The Bertz CT molecular complexity index is 827. The number of halogens is 5. The van der Waals surface area contributed by atoms with E-state index in [2.05, 4.69) is 32.3 Å². The van der Waals surface area contributed by atoms with Crippen LogP contribution in [0.5, 0.6) is 0 Å². The highest BCUT2D eigenvalue weighted by atomic mass is 79.9. The molecule has 0 aliphatic carbocycles. The molecule has 3 rings (SSSR count). The van der Waals surface area contributed by atoms with Crippen LogP contribution in [0.15, 0.2) is 28.1 Å². The molecule has 0 aliphatic heterocycles. The second-order valence-electron chi connectivity index (χ2n) is 5.14. The molecule has 3 N–H and O–H groups in total. The second kappa shape index (κ2) is 9.69. The van der Waals surface area contributed by atoms with Gasteiger partial charge in [-0.15, -0.1) is 47.5 Å². The predicted octanol–water partition coefficient (Wildman–Crippen LogP) is 6.59. The average Bonchev–Trinajstić information content (AvgIpc) is 3.13. The SMILES string of the molecule is C[C@H](N)C(F)c1sc2c(NCc3cccs3)cc(Cl)nc2c1Br.Cl.Cl. The Kier molecular flexibility index (Phi) is 8.87. The van der Waals surface area contributed by atoms with Crippen molar-refractivity contribution >= 4 is 90.9 Å². The zero-order valence-electron chi connectivity index (χ0n) is 13.0. The first-order chi connectivity index (χ1) is 11.0. The van der Waals surface area contributed by atoms with E-state index < -0.39 is 12.2 Å². The van der Waals surface area contributed by atoms with E-state index in [1.54, 1.807) is 24.3 Å². The first-order valence-corrected chi connectivity index (χ1v) is 9.78. The van der Waals surface area contributed by atoms with Crippen LogP contribution in [0, 0.1) is 0 Å². The van der Waals surface area contributed by atoms with Gasteiger partial charge in [0.05, 0.1) is 25.3 Å². The Morgan fingerprint density at radius 3 is 2.76 bits per heavy atom. The largest absolute Gasteiger partial charge is 0.379 e. The lowest BCUT2D eigenvalue weighted by molar-refractivity contribution is 0.304. The fraction of sp³-hybridized carbons (Fsp3) is 0.267. The standard InChI is InChI=1S/C15H14BrClFN3S2.2ClH/c1-7(19)12(18)15-11(16)13-14(23-15)9(5-10(17)21-13)20-6-8-3-2-4-22-8;;/h2-5,7,12H,6,19H2,1H3,(H,20,21);2*1H/t7-,12?;;/m0../s1. The first kappa shape index (κ1) is 22.9. The summed E-state index contributed by atoms with van der Waals surface area (Å²) in [5.74, 6) is 0. The molecular weight excluding hydrogens is 492 g/mol. The number of alkyl halides is 1. The molecule has 3 heterocycles. The fourth-order valence-corrected chi connectivity index (χ4v) is 5.11. The third-order valence-corrected chi connectivity index (χ3v) is 6.73. The van der Waals surface area contributed by atoms with Gasteiger partial charge in [-0.2, -0.15) is 0 Å². The van der Waals surface area contributed by atoms with Crippen LogP contribution in [0.2, 0.25) is 5.15 Å². The average molecular weight is 508 g/mol. The van der Waals surface area contributed by atoms with Gasteiger partial charge in [0.15, 0.2) is 6.17 Å². The number of nitrogens with one attached hydrogen (secondary N) is 1. The van der Waals surface area contributed by atoms with E-state index in [1.165, 1.54) is 16.2 Å². The third kappa shape index (κ3) is 4.97. The topological polar surface area (TPSA) is 50.9 Å². The van der Waals surface area contributed by atoms with Crippen molar-refractivity contribution < 1.29 is 4.39 Å². The first-order valence-electron chi connectivity index (χ1n) is 6.91. The molecule has 3 nitrogen and oxygen atoms in total. The zero-order valence-corrected chi connectivity index (χ0v) is 18.6. The number of rotatable bonds is 5. The second-order valence-corrected chi connectivity index (χ2v) is 8.41. The van der Waals surface area contributed by atoms with Gasteiger partial charge in [-0.05, 0) is 34.3 Å². The van der Waals surface area contributed by atoms with Crippen molar-refractivity contribution in [2.75, 3.05) is 5.32 Å². The highest BCUT2D eigenvalue weighted by Crippen LogP contribution is 2.44. The summed E-state index contributed by atoms with van der Waals surface area (Å²) in [4.78, 5) is 6.08. The molecule has 138 valence electrons. The third-order valence-electron chi connectivity index (χ3n) is 3.32. The van der Waals surface area contributed by atoms with Crippen molar-refractivity contribution in [1.29, 1.82) is 0 Å². The van der Waals surface area contributed by atoms with Gasteiger partial charge in [0, 0.05) is 23.5 Å². The van der Waals surface area contributed by atoms with Crippen LogP contribution < -0.4 is 11.1 Å². The van der Waals surface area contributed by atoms with Crippen molar-refractivity contribution in [2.45, 2.75) is 25.7 Å². The Hall–Kier alpha value is -0.150. The summed E-state index contributed by atoms with van der Waals surface area (Å²) >= 11 is 12.6. The molecule has 3 aromatic heterocycles. The van der Waals surface area contributed by atoms with Gasteiger partial charge in [-0.1, -0.05) is 17.7 Å². The number of pyridine rings is 1. The summed E-state index contributed by atoms with van der Waals surface area (Å²) in [6, 6.07) is 5.24. The quantitative estimate of drug-likeness (QED) is 0.383. The minimum absolute atomic E-state index is 0. The Morgan fingerprint density at radius 1 is 1.44 bits per heavy atom. The summed E-state index contributed by atoms with van der Waals surface area (Å²) in [5, 5.41) is 5.76. The Labute approximate surface area is 179 Å². The van der Waals surface area contributed by atoms with Crippen LogP contribution in [0.25, 0.3) is 10.2 Å². The molecule has 0 saturated carbocycles. The van der Waals surface area contributed by atoms with Gasteiger partial charge in [-0.3, -0.25) is 0 Å². The van der Waals surface area contributed by atoms with E-state index in [9.17, 15) is 4.39 Å². The van der Waals surface area contributed by atoms with Crippen molar-refractivity contribution in [1.82, 2.24) is 4.98 Å². The van der Waals surface area contributed by atoms with E-state index in [4.69, 9.17) is 17.3 Å². The lowest BCUT2D eigenvalue weighted by atomic mass is 10.2. The van der Waals surface area contributed by atoms with Gasteiger partial charge in [0.25, 0.3) is 0 Å². The smallest absolute Gasteiger partial charge is 0.150 e. The lowest BCUT2D eigenvalue weighted by Crippen LogP contribution is -2.21. The molecule has 0 amide bonds. The summed E-state index contributed by atoms with van der Waals surface area (Å²) in [6.07, 6.45) is -1.24. The minimum atomic E-state index is -1.24. The minimum Gasteiger partial charge on any atom is -0.379 e. The molecule has 1 unspecified atom stereocenters. The number of thiophene rings is 2.